The summed E-state index contributed by atoms with van der Waals surface area (Å²) < 4.78 is 8.43. The topological polar surface area (TPSA) is 84.8 Å². The van der Waals surface area contributed by atoms with Gasteiger partial charge in [0.25, 0.3) is 0 Å². The van der Waals surface area contributed by atoms with E-state index in [4.69, 9.17) is 21.3 Å². The van der Waals surface area contributed by atoms with Crippen molar-refractivity contribution in [3.05, 3.63) is 106 Å². The Morgan fingerprint density at radius 3 is 2.21 bits per heavy atom. The van der Waals surface area contributed by atoms with Crippen LogP contribution in [0.5, 0.6) is 0 Å². The molecule has 0 atom stereocenters. The fourth-order valence-electron chi connectivity index (χ4n) is 5.25. The largest absolute Gasteiger partial charge is 0.370 e. The second-order valence-electron chi connectivity index (χ2n) is 10.7. The van der Waals surface area contributed by atoms with Crippen LogP contribution in [0.25, 0.3) is 22.5 Å². The van der Waals surface area contributed by atoms with Gasteiger partial charge in [0.2, 0.25) is 5.82 Å². The lowest BCUT2D eigenvalue weighted by atomic mass is 9.98. The number of nitrogens with zero attached hydrogens (tertiary/aromatic N) is 6. The van der Waals surface area contributed by atoms with E-state index < -0.39 is 0 Å². The molecule has 9 heteroatoms. The number of unbranched alkanes of at least 4 members (excludes halogenated alkanes) is 1. The monoisotopic (exact) mass is 597 g/mol. The first-order chi connectivity index (χ1) is 21.1. The third-order valence-corrected chi connectivity index (χ3v) is 8.11. The van der Waals surface area contributed by atoms with E-state index in [2.05, 4.69) is 105 Å². The first-order valence-electron chi connectivity index (χ1n) is 15.1. The van der Waals surface area contributed by atoms with Crippen LogP contribution in [0.4, 0.5) is 0 Å². The van der Waals surface area contributed by atoms with Crippen molar-refractivity contribution in [1.82, 2.24) is 35.1 Å². The van der Waals surface area contributed by atoms with E-state index in [-0.39, 0.29) is 0 Å². The molecule has 3 aromatic carbocycles. The zero-order chi connectivity index (χ0) is 30.0. The number of aromatic nitrogens is 6. The lowest BCUT2D eigenvalue weighted by Gasteiger charge is -2.18. The van der Waals surface area contributed by atoms with Crippen molar-refractivity contribution in [3.8, 4) is 22.5 Å². The number of benzene rings is 3. The normalized spacial score (nSPS) is 11.5. The van der Waals surface area contributed by atoms with E-state index in [1.165, 1.54) is 5.56 Å². The fourth-order valence-corrected chi connectivity index (χ4v) is 5.50. The van der Waals surface area contributed by atoms with Crippen LogP contribution in [0.2, 0.25) is 5.15 Å². The highest BCUT2D eigenvalue weighted by atomic mass is 35.5. The summed E-state index contributed by atoms with van der Waals surface area (Å²) in [5.41, 5.74) is 7.62. The van der Waals surface area contributed by atoms with Crippen LogP contribution in [-0.2, 0) is 37.5 Å². The second-order valence-corrected chi connectivity index (χ2v) is 11.1. The molecule has 2 aromatic heterocycles. The van der Waals surface area contributed by atoms with Gasteiger partial charge in [-0.3, -0.25) is 4.90 Å². The Hall–Kier alpha value is -3.85. The van der Waals surface area contributed by atoms with Gasteiger partial charge in [0.05, 0.1) is 18.9 Å². The predicted molar refractivity (Wildman–Crippen MR) is 172 cm³/mol. The highest BCUT2D eigenvalue weighted by Gasteiger charge is 2.17. The molecule has 0 aliphatic carbocycles. The van der Waals surface area contributed by atoms with E-state index in [0.29, 0.717) is 30.7 Å². The molecule has 0 radical (unpaired) electrons. The minimum Gasteiger partial charge on any atom is -0.370 e. The van der Waals surface area contributed by atoms with E-state index in [9.17, 15) is 0 Å². The molecule has 0 saturated carbocycles. The summed E-state index contributed by atoms with van der Waals surface area (Å²) in [5, 5.41) is 15.1. The number of imidazole rings is 1. The number of halogens is 1. The van der Waals surface area contributed by atoms with Crippen LogP contribution in [0.15, 0.2) is 72.8 Å². The first-order valence-corrected chi connectivity index (χ1v) is 15.5. The number of aryl methyl sites for hydroxylation is 1. The molecule has 43 heavy (non-hydrogen) atoms. The van der Waals surface area contributed by atoms with E-state index in [0.717, 1.165) is 78.2 Å². The predicted octanol–water partition coefficient (Wildman–Crippen LogP) is 7.33. The lowest BCUT2D eigenvalue weighted by molar-refractivity contribution is 0.102. The molecule has 0 amide bonds. The summed E-state index contributed by atoms with van der Waals surface area (Å²) in [6.07, 6.45) is 3.02. The van der Waals surface area contributed by atoms with Crippen molar-refractivity contribution >= 4 is 11.6 Å². The average molecular weight is 598 g/mol. The Morgan fingerprint density at radius 1 is 0.837 bits per heavy atom. The van der Waals surface area contributed by atoms with Crippen molar-refractivity contribution in [2.75, 3.05) is 13.1 Å². The van der Waals surface area contributed by atoms with Gasteiger partial charge >= 0.3 is 0 Å². The Labute approximate surface area is 259 Å². The fraction of sp³-hybridized carbons (Fsp3) is 0.353. The van der Waals surface area contributed by atoms with Crippen molar-refractivity contribution in [2.45, 2.75) is 66.3 Å². The number of aromatic amines is 1. The molecule has 0 fully saturated rings. The SMILES string of the molecule is CCCCc1nc(Cl)c(COCc2ccc(CN(CC)CC)cc2)n1Cc1ccc(-c2ccccc2-c2nn[nH]n2)cc1. The van der Waals surface area contributed by atoms with Crippen molar-refractivity contribution < 1.29 is 4.74 Å². The van der Waals surface area contributed by atoms with Gasteiger partial charge < -0.3 is 9.30 Å². The smallest absolute Gasteiger partial charge is 0.205 e. The Bertz CT molecular complexity index is 1560. The molecule has 5 aromatic rings. The van der Waals surface area contributed by atoms with Crippen LogP contribution >= 0.6 is 11.6 Å². The molecule has 224 valence electrons. The maximum absolute atomic E-state index is 6.71. The number of nitrogens with one attached hydrogen (secondary N) is 1. The van der Waals surface area contributed by atoms with Crippen LogP contribution in [0.1, 0.15) is 61.8 Å². The van der Waals surface area contributed by atoms with Crippen LogP contribution in [-0.4, -0.2) is 48.2 Å². The maximum atomic E-state index is 6.71. The third kappa shape index (κ3) is 7.76. The molecular formula is C34H40ClN7O. The Balaban J connectivity index is 1.29. The van der Waals surface area contributed by atoms with E-state index in [1.54, 1.807) is 0 Å². The molecule has 0 aliphatic rings. The molecule has 5 rings (SSSR count). The Morgan fingerprint density at radius 2 is 1.53 bits per heavy atom. The number of hydrogen-bond acceptors (Lipinski definition) is 6. The minimum absolute atomic E-state index is 0.398. The number of hydrogen-bond donors (Lipinski definition) is 1. The molecule has 1 N–H and O–H groups in total. The molecule has 0 aliphatic heterocycles. The number of tetrazole rings is 1. The third-order valence-electron chi connectivity index (χ3n) is 7.81. The highest BCUT2D eigenvalue weighted by molar-refractivity contribution is 6.30. The summed E-state index contributed by atoms with van der Waals surface area (Å²) in [6, 6.07) is 25.4. The van der Waals surface area contributed by atoms with Crippen LogP contribution in [0.3, 0.4) is 0 Å². The van der Waals surface area contributed by atoms with Gasteiger partial charge in [-0.25, -0.2) is 4.98 Å². The molecular weight excluding hydrogens is 558 g/mol. The minimum atomic E-state index is 0.398. The van der Waals surface area contributed by atoms with E-state index in [1.807, 2.05) is 18.2 Å². The highest BCUT2D eigenvalue weighted by Crippen LogP contribution is 2.30. The Kier molecular flexibility index (Phi) is 10.7. The second kappa shape index (κ2) is 15.0. The van der Waals surface area contributed by atoms with Gasteiger partial charge in [-0.15, -0.1) is 10.2 Å². The van der Waals surface area contributed by atoms with Gasteiger partial charge in [-0.2, -0.15) is 5.21 Å². The quantitative estimate of drug-likeness (QED) is 0.136. The summed E-state index contributed by atoms with van der Waals surface area (Å²) in [6.45, 7) is 11.2. The molecule has 8 nitrogen and oxygen atoms in total. The molecule has 0 unspecified atom stereocenters. The standard InChI is InChI=1S/C34H40ClN7O/c1-4-7-12-32-36-33(35)31(24-43-23-27-15-13-25(14-16-27)21-41(5-2)6-3)42(32)22-26-17-19-28(20-18-26)29-10-8-9-11-30(29)34-37-39-40-38-34/h8-11,13-20H,4-7,12,21-24H2,1-3H3,(H,37,38,39,40). The van der Waals surface area contributed by atoms with Crippen LogP contribution in [0, 0.1) is 0 Å². The van der Waals surface area contributed by atoms with Gasteiger partial charge in [0, 0.05) is 25.1 Å². The molecule has 2 heterocycles. The van der Waals surface area contributed by atoms with Crippen molar-refractivity contribution in [1.29, 1.82) is 0 Å². The van der Waals surface area contributed by atoms with Crippen molar-refractivity contribution in [2.24, 2.45) is 0 Å². The van der Waals surface area contributed by atoms with Gasteiger partial charge in [0.15, 0.2) is 5.15 Å². The first kappa shape index (κ1) is 30.6. The summed E-state index contributed by atoms with van der Waals surface area (Å²) >= 11 is 6.71. The van der Waals surface area contributed by atoms with Crippen LogP contribution < -0.4 is 0 Å². The maximum Gasteiger partial charge on any atom is 0.205 e. The molecule has 0 bridgehead atoms. The van der Waals surface area contributed by atoms with E-state index >= 15 is 0 Å². The van der Waals surface area contributed by atoms with Gasteiger partial charge in [-0.05, 0) is 52.5 Å². The summed E-state index contributed by atoms with van der Waals surface area (Å²) in [4.78, 5) is 7.16. The number of rotatable bonds is 15. The number of H-pyrrole nitrogens is 1. The van der Waals surface area contributed by atoms with Gasteiger partial charge in [-0.1, -0.05) is 112 Å². The summed E-state index contributed by atoms with van der Waals surface area (Å²) in [5.74, 6) is 1.58. The lowest BCUT2D eigenvalue weighted by Crippen LogP contribution is -2.22. The average Bonchev–Trinajstić information content (AvgIpc) is 3.68. The molecule has 0 spiro atoms. The zero-order valence-corrected chi connectivity index (χ0v) is 26.0. The zero-order valence-electron chi connectivity index (χ0n) is 25.3. The van der Waals surface area contributed by atoms with Gasteiger partial charge in [0.1, 0.15) is 5.82 Å². The van der Waals surface area contributed by atoms with Crippen molar-refractivity contribution in [3.63, 3.8) is 0 Å². The summed E-state index contributed by atoms with van der Waals surface area (Å²) in [7, 11) is 0. The molecule has 0 saturated heterocycles. The number of ether oxygens (including phenoxy) is 1.